The quantitative estimate of drug-likeness (QED) is 0.222. The lowest BCUT2D eigenvalue weighted by Crippen LogP contribution is -2.26. The monoisotopic (exact) mass is 540 g/mol. The summed E-state index contributed by atoms with van der Waals surface area (Å²) in [5.41, 5.74) is 3.25. The van der Waals surface area contributed by atoms with Gasteiger partial charge in [0.05, 0.1) is 13.2 Å². The molecule has 1 aliphatic heterocycles. The van der Waals surface area contributed by atoms with Crippen LogP contribution in [0.4, 0.5) is 8.78 Å². The molecule has 2 aromatic rings. The van der Waals surface area contributed by atoms with E-state index in [-0.39, 0.29) is 11.5 Å². The summed E-state index contributed by atoms with van der Waals surface area (Å²) in [6.07, 6.45) is 17.3. The van der Waals surface area contributed by atoms with Crippen molar-refractivity contribution in [3.8, 4) is 0 Å². The van der Waals surface area contributed by atoms with E-state index in [1.54, 1.807) is 12.1 Å². The van der Waals surface area contributed by atoms with Gasteiger partial charge >= 0.3 is 0 Å². The molecule has 2 nitrogen and oxygen atoms in total. The first-order valence-corrected chi connectivity index (χ1v) is 15.9. The largest absolute Gasteiger partial charge is 0.348 e. The third kappa shape index (κ3) is 8.60. The number of rotatable bonds is 14. The normalized spacial score (nSPS) is 23.7. The molecule has 1 heterocycles. The molecule has 0 N–H and O–H groups in total. The Balaban J connectivity index is 1.23. The zero-order chi connectivity index (χ0) is 27.5. The predicted octanol–water partition coefficient (Wildman–Crippen LogP) is 10.6. The van der Waals surface area contributed by atoms with Crippen molar-refractivity contribution < 1.29 is 18.3 Å². The highest BCUT2D eigenvalue weighted by Gasteiger charge is 2.29. The lowest BCUT2D eigenvalue weighted by atomic mass is 9.77. The molecule has 39 heavy (non-hydrogen) atoms. The van der Waals surface area contributed by atoms with Gasteiger partial charge in [0.2, 0.25) is 0 Å². The number of halogens is 2. The Labute approximate surface area is 235 Å². The van der Waals surface area contributed by atoms with Crippen LogP contribution < -0.4 is 0 Å². The smallest absolute Gasteiger partial charge is 0.186 e. The molecule has 4 heteroatoms. The highest BCUT2D eigenvalue weighted by Crippen LogP contribution is 2.39. The Morgan fingerprint density at radius 1 is 0.641 bits per heavy atom. The molecule has 1 saturated carbocycles. The molecule has 2 fully saturated rings. The third-order valence-corrected chi connectivity index (χ3v) is 9.09. The summed E-state index contributed by atoms with van der Waals surface area (Å²) in [5, 5.41) is 0. The molecule has 0 amide bonds. The van der Waals surface area contributed by atoms with E-state index in [1.165, 1.54) is 81.8 Å². The minimum atomic E-state index is -0.856. The van der Waals surface area contributed by atoms with Crippen LogP contribution in [0.2, 0.25) is 0 Å². The van der Waals surface area contributed by atoms with Crippen LogP contribution in [0.5, 0.6) is 0 Å². The van der Waals surface area contributed by atoms with Gasteiger partial charge < -0.3 is 9.47 Å². The summed E-state index contributed by atoms with van der Waals surface area (Å²) in [7, 11) is 0. The predicted molar refractivity (Wildman–Crippen MR) is 156 cm³/mol. The van der Waals surface area contributed by atoms with Crippen LogP contribution >= 0.6 is 0 Å². The van der Waals surface area contributed by atoms with Crippen molar-refractivity contribution in [3.05, 3.63) is 70.3 Å². The Bertz CT molecular complexity index is 973. The van der Waals surface area contributed by atoms with Gasteiger partial charge in [0.25, 0.3) is 0 Å². The molecular weight excluding hydrogens is 490 g/mol. The molecule has 0 unspecified atom stereocenters. The van der Waals surface area contributed by atoms with Crippen molar-refractivity contribution in [2.75, 3.05) is 13.2 Å². The summed E-state index contributed by atoms with van der Waals surface area (Å²) in [4.78, 5) is 0. The average Bonchev–Trinajstić information content (AvgIpc) is 2.98. The summed E-state index contributed by atoms with van der Waals surface area (Å²) >= 11 is 0. The molecular formula is C35H50F2O2. The Hall–Kier alpha value is -1.78. The number of aryl methyl sites for hydroxylation is 1. The average molecular weight is 541 g/mol. The molecule has 0 spiro atoms. The molecule has 0 bridgehead atoms. The van der Waals surface area contributed by atoms with Crippen molar-refractivity contribution in [2.45, 2.75) is 128 Å². The van der Waals surface area contributed by atoms with Gasteiger partial charge in [0.15, 0.2) is 17.9 Å². The zero-order valence-electron chi connectivity index (χ0n) is 24.4. The maximum Gasteiger partial charge on any atom is 0.186 e. The molecule has 0 atom stereocenters. The highest BCUT2D eigenvalue weighted by molar-refractivity contribution is 5.30. The fourth-order valence-corrected chi connectivity index (χ4v) is 6.46. The summed E-state index contributed by atoms with van der Waals surface area (Å²) < 4.78 is 41.5. The van der Waals surface area contributed by atoms with Crippen molar-refractivity contribution in [3.63, 3.8) is 0 Å². The number of hydrogen-bond acceptors (Lipinski definition) is 2. The van der Waals surface area contributed by atoms with Crippen LogP contribution in [-0.4, -0.2) is 13.2 Å². The van der Waals surface area contributed by atoms with E-state index in [0.717, 1.165) is 25.2 Å². The minimum absolute atomic E-state index is 0.101. The molecule has 2 aliphatic rings. The van der Waals surface area contributed by atoms with Crippen molar-refractivity contribution in [2.24, 2.45) is 5.92 Å². The lowest BCUT2D eigenvalue weighted by Gasteiger charge is -2.31. The Morgan fingerprint density at radius 2 is 1.23 bits per heavy atom. The van der Waals surface area contributed by atoms with E-state index in [4.69, 9.17) is 9.47 Å². The van der Waals surface area contributed by atoms with Crippen LogP contribution in [0, 0.1) is 17.6 Å². The minimum Gasteiger partial charge on any atom is -0.348 e. The number of hydrogen-bond donors (Lipinski definition) is 0. The van der Waals surface area contributed by atoms with Crippen LogP contribution in [0.15, 0.2) is 36.4 Å². The second-order valence-electron chi connectivity index (χ2n) is 12.0. The van der Waals surface area contributed by atoms with E-state index < -0.39 is 17.9 Å². The Morgan fingerprint density at radius 3 is 1.90 bits per heavy atom. The Kier molecular flexibility index (Phi) is 12.3. The van der Waals surface area contributed by atoms with Crippen LogP contribution in [0.25, 0.3) is 0 Å². The first-order chi connectivity index (χ1) is 19.1. The van der Waals surface area contributed by atoms with Crippen molar-refractivity contribution >= 4 is 0 Å². The molecule has 0 radical (unpaired) electrons. The van der Waals surface area contributed by atoms with E-state index in [1.807, 2.05) is 0 Å². The third-order valence-electron chi connectivity index (χ3n) is 9.09. The van der Waals surface area contributed by atoms with E-state index in [0.29, 0.717) is 31.1 Å². The second kappa shape index (κ2) is 15.9. The van der Waals surface area contributed by atoms with Gasteiger partial charge in [-0.3, -0.25) is 0 Å². The van der Waals surface area contributed by atoms with Gasteiger partial charge in [-0.15, -0.1) is 0 Å². The highest BCUT2D eigenvalue weighted by atomic mass is 19.2. The molecule has 0 aromatic heterocycles. The van der Waals surface area contributed by atoms with Gasteiger partial charge in [-0.2, -0.15) is 0 Å². The topological polar surface area (TPSA) is 18.5 Å². The number of benzene rings is 2. The molecule has 216 valence electrons. The van der Waals surface area contributed by atoms with Crippen LogP contribution in [-0.2, 0) is 15.9 Å². The fraction of sp³-hybridized carbons (Fsp3) is 0.657. The summed E-state index contributed by atoms with van der Waals surface area (Å²) in [5.74, 6) is 0.120. The van der Waals surface area contributed by atoms with E-state index >= 15 is 0 Å². The first kappa shape index (κ1) is 30.2. The lowest BCUT2D eigenvalue weighted by molar-refractivity contribution is -0.193. The standard InChI is InChI=1S/C35H50F2O2/c1-3-5-7-8-9-11-13-30-22-23-32(34(37)33(30)36)35-38-24-31(25-39-35)29-20-18-28(19-21-29)27-16-14-26(15-17-27)12-10-6-4-2/h18-23,26-27,31,35H,3-17,24-25H2,1-2H3. The van der Waals surface area contributed by atoms with Crippen LogP contribution in [0.1, 0.15) is 144 Å². The van der Waals surface area contributed by atoms with Gasteiger partial charge in [-0.1, -0.05) is 108 Å². The second-order valence-corrected chi connectivity index (χ2v) is 12.0. The van der Waals surface area contributed by atoms with E-state index in [2.05, 4.69) is 38.1 Å². The molecule has 2 aromatic carbocycles. The number of unbranched alkanes of at least 4 members (excludes halogenated alkanes) is 7. The van der Waals surface area contributed by atoms with Gasteiger partial charge in [-0.05, 0) is 67.1 Å². The fourth-order valence-electron chi connectivity index (χ4n) is 6.46. The first-order valence-electron chi connectivity index (χ1n) is 15.9. The van der Waals surface area contributed by atoms with Gasteiger partial charge in [-0.25, -0.2) is 8.78 Å². The van der Waals surface area contributed by atoms with Crippen molar-refractivity contribution in [1.82, 2.24) is 0 Å². The van der Waals surface area contributed by atoms with Gasteiger partial charge in [0.1, 0.15) is 0 Å². The maximum atomic E-state index is 14.9. The van der Waals surface area contributed by atoms with Crippen LogP contribution in [0.3, 0.4) is 0 Å². The van der Waals surface area contributed by atoms with Gasteiger partial charge in [0, 0.05) is 11.5 Å². The van der Waals surface area contributed by atoms with Crippen molar-refractivity contribution in [1.29, 1.82) is 0 Å². The molecule has 1 aliphatic carbocycles. The number of ether oxygens (including phenoxy) is 2. The maximum absolute atomic E-state index is 14.9. The SMILES string of the molecule is CCCCCCCCc1ccc(C2OCC(c3ccc(C4CCC(CCCCC)CC4)cc3)CO2)c(F)c1F. The summed E-state index contributed by atoms with van der Waals surface area (Å²) in [6.45, 7) is 5.35. The molecule has 1 saturated heterocycles. The van der Waals surface area contributed by atoms with E-state index in [9.17, 15) is 8.78 Å². The zero-order valence-corrected chi connectivity index (χ0v) is 24.4. The molecule has 4 rings (SSSR count). The summed E-state index contributed by atoms with van der Waals surface area (Å²) in [6, 6.07) is 12.3.